The minimum absolute atomic E-state index is 0.303. The highest BCUT2D eigenvalue weighted by molar-refractivity contribution is 6.11. The molecule has 8 nitrogen and oxygen atoms in total. The first kappa shape index (κ1) is 16.4. The van der Waals surface area contributed by atoms with Crippen LogP contribution in [-0.2, 0) is 4.79 Å². The molecule has 0 fully saturated rings. The fourth-order valence-electron chi connectivity index (χ4n) is 1.53. The van der Waals surface area contributed by atoms with Crippen LogP contribution in [0.1, 0.15) is 37.6 Å². The van der Waals surface area contributed by atoms with Crippen molar-refractivity contribution in [2.45, 2.75) is 27.2 Å². The lowest BCUT2D eigenvalue weighted by Gasteiger charge is -2.15. The van der Waals surface area contributed by atoms with E-state index in [1.54, 1.807) is 20.8 Å². The van der Waals surface area contributed by atoms with E-state index in [0.717, 1.165) is 18.2 Å². The molecule has 0 aliphatic heterocycles. The van der Waals surface area contributed by atoms with Crippen LogP contribution in [0.3, 0.4) is 0 Å². The van der Waals surface area contributed by atoms with Crippen LogP contribution >= 0.6 is 0 Å². The molecule has 0 aromatic heterocycles. The molecule has 0 radical (unpaired) electrons. The maximum Gasteiger partial charge on any atom is 0.287 e. The molecule has 8 heteroatoms. The van der Waals surface area contributed by atoms with Gasteiger partial charge in [-0.3, -0.25) is 29.8 Å². The van der Waals surface area contributed by atoms with E-state index >= 15 is 0 Å². The SMILES string of the molecule is CC(C)(C)C(=O)CC(=O)c1ccc([N+](=O)[O-])cc1[N+](=O)[O-]. The Morgan fingerprint density at radius 1 is 1.10 bits per heavy atom. The first-order valence-corrected chi connectivity index (χ1v) is 6.03. The van der Waals surface area contributed by atoms with Crippen LogP contribution in [0.25, 0.3) is 0 Å². The average Bonchev–Trinajstić information content (AvgIpc) is 2.36. The van der Waals surface area contributed by atoms with Gasteiger partial charge < -0.3 is 0 Å². The second-order valence-electron chi connectivity index (χ2n) is 5.49. The number of benzene rings is 1. The number of nitro groups is 2. The van der Waals surface area contributed by atoms with Gasteiger partial charge in [0, 0.05) is 11.5 Å². The predicted molar refractivity (Wildman–Crippen MR) is 73.2 cm³/mol. The highest BCUT2D eigenvalue weighted by atomic mass is 16.6. The van der Waals surface area contributed by atoms with Gasteiger partial charge in [-0.1, -0.05) is 20.8 Å². The summed E-state index contributed by atoms with van der Waals surface area (Å²) in [7, 11) is 0. The van der Waals surface area contributed by atoms with Crippen LogP contribution in [0.5, 0.6) is 0 Å². The van der Waals surface area contributed by atoms with Crippen molar-refractivity contribution in [1.82, 2.24) is 0 Å². The van der Waals surface area contributed by atoms with Crippen LogP contribution in [0, 0.1) is 25.6 Å². The van der Waals surface area contributed by atoms with E-state index in [1.165, 1.54) is 0 Å². The molecule has 0 heterocycles. The van der Waals surface area contributed by atoms with E-state index in [1.807, 2.05) is 0 Å². The van der Waals surface area contributed by atoms with Gasteiger partial charge in [0.1, 0.15) is 5.78 Å². The number of hydrogen-bond acceptors (Lipinski definition) is 6. The zero-order chi connectivity index (χ0) is 16.4. The molecule has 0 aliphatic carbocycles. The molecule has 1 aromatic carbocycles. The summed E-state index contributed by atoms with van der Waals surface area (Å²) >= 11 is 0. The molecular weight excluding hydrogens is 280 g/mol. The molecule has 21 heavy (non-hydrogen) atoms. The number of nitrogens with zero attached hydrogens (tertiary/aromatic N) is 2. The Morgan fingerprint density at radius 3 is 2.10 bits per heavy atom. The molecule has 112 valence electrons. The lowest BCUT2D eigenvalue weighted by Crippen LogP contribution is -2.23. The number of rotatable bonds is 5. The van der Waals surface area contributed by atoms with Gasteiger partial charge in [-0.15, -0.1) is 0 Å². The minimum atomic E-state index is -0.873. The second-order valence-corrected chi connectivity index (χ2v) is 5.49. The van der Waals surface area contributed by atoms with Gasteiger partial charge in [-0.2, -0.15) is 0 Å². The number of nitro benzene ring substituents is 2. The Balaban J connectivity index is 3.18. The maximum atomic E-state index is 12.0. The summed E-state index contributed by atoms with van der Waals surface area (Å²) in [6, 6.07) is 2.73. The molecule has 0 spiro atoms. The van der Waals surface area contributed by atoms with Gasteiger partial charge in [0.25, 0.3) is 11.4 Å². The van der Waals surface area contributed by atoms with Crippen LogP contribution in [0.4, 0.5) is 11.4 Å². The smallest absolute Gasteiger partial charge is 0.287 e. The fourth-order valence-corrected chi connectivity index (χ4v) is 1.53. The molecule has 0 saturated heterocycles. The Kier molecular flexibility index (Phi) is 4.52. The molecule has 0 N–H and O–H groups in total. The summed E-state index contributed by atoms with van der Waals surface area (Å²) in [5.74, 6) is -1.09. The third-order valence-corrected chi connectivity index (χ3v) is 2.85. The van der Waals surface area contributed by atoms with Gasteiger partial charge in [-0.25, -0.2) is 0 Å². The van der Waals surface area contributed by atoms with E-state index in [4.69, 9.17) is 0 Å². The molecule has 1 aromatic rings. The zero-order valence-electron chi connectivity index (χ0n) is 11.8. The number of ketones is 2. The van der Waals surface area contributed by atoms with Crippen LogP contribution in [0.15, 0.2) is 18.2 Å². The normalized spacial score (nSPS) is 11.0. The van der Waals surface area contributed by atoms with Crippen molar-refractivity contribution in [2.24, 2.45) is 5.41 Å². The molecular formula is C13H14N2O6. The van der Waals surface area contributed by atoms with E-state index in [0.29, 0.717) is 0 Å². The number of hydrogen-bond donors (Lipinski definition) is 0. The van der Waals surface area contributed by atoms with Crippen molar-refractivity contribution in [3.63, 3.8) is 0 Å². The summed E-state index contributed by atoms with van der Waals surface area (Å²) in [5, 5.41) is 21.5. The third kappa shape index (κ3) is 3.91. The Hall–Kier alpha value is -2.64. The number of Topliss-reactive ketones (excluding diaryl/α,β-unsaturated/α-hetero) is 2. The molecule has 1 rings (SSSR count). The molecule has 0 aliphatic rings. The molecule has 0 atom stereocenters. The number of non-ortho nitro benzene ring substituents is 1. The van der Waals surface area contributed by atoms with Crippen LogP contribution in [0.2, 0.25) is 0 Å². The highest BCUT2D eigenvalue weighted by Crippen LogP contribution is 2.27. The Bertz CT molecular complexity index is 630. The Morgan fingerprint density at radius 2 is 1.67 bits per heavy atom. The first-order chi connectivity index (χ1) is 9.54. The van der Waals surface area contributed by atoms with Crippen molar-refractivity contribution >= 4 is 22.9 Å². The van der Waals surface area contributed by atoms with Crippen LogP contribution in [-0.4, -0.2) is 21.4 Å². The van der Waals surface area contributed by atoms with Crippen molar-refractivity contribution in [3.05, 3.63) is 44.0 Å². The van der Waals surface area contributed by atoms with Crippen molar-refractivity contribution in [1.29, 1.82) is 0 Å². The lowest BCUT2D eigenvalue weighted by molar-refractivity contribution is -0.394. The highest BCUT2D eigenvalue weighted by Gasteiger charge is 2.29. The van der Waals surface area contributed by atoms with Gasteiger partial charge in [0.2, 0.25) is 0 Å². The zero-order valence-corrected chi connectivity index (χ0v) is 11.8. The molecule has 0 bridgehead atoms. The van der Waals surface area contributed by atoms with E-state index in [2.05, 4.69) is 0 Å². The van der Waals surface area contributed by atoms with Crippen molar-refractivity contribution in [2.75, 3.05) is 0 Å². The summed E-state index contributed by atoms with van der Waals surface area (Å²) in [6.07, 6.45) is -0.484. The van der Waals surface area contributed by atoms with E-state index in [-0.39, 0.29) is 11.3 Å². The summed E-state index contributed by atoms with van der Waals surface area (Å²) in [5.41, 5.74) is -2.20. The molecule has 0 saturated carbocycles. The molecule has 0 unspecified atom stereocenters. The number of carbonyl (C=O) groups excluding carboxylic acids is 2. The van der Waals surface area contributed by atoms with E-state index in [9.17, 15) is 29.8 Å². The summed E-state index contributed by atoms with van der Waals surface area (Å²) in [6.45, 7) is 4.90. The minimum Gasteiger partial charge on any atom is -0.299 e. The second kappa shape index (κ2) is 5.78. The summed E-state index contributed by atoms with van der Waals surface area (Å²) in [4.78, 5) is 43.7. The first-order valence-electron chi connectivity index (χ1n) is 6.03. The van der Waals surface area contributed by atoms with Crippen molar-refractivity contribution in [3.8, 4) is 0 Å². The monoisotopic (exact) mass is 294 g/mol. The largest absolute Gasteiger partial charge is 0.299 e. The van der Waals surface area contributed by atoms with Crippen molar-refractivity contribution < 1.29 is 19.4 Å². The lowest BCUT2D eigenvalue weighted by atomic mass is 9.87. The number of carbonyl (C=O) groups is 2. The van der Waals surface area contributed by atoms with Gasteiger partial charge in [0.15, 0.2) is 5.78 Å². The molecule has 0 amide bonds. The van der Waals surface area contributed by atoms with Gasteiger partial charge in [0.05, 0.1) is 27.9 Å². The maximum absolute atomic E-state index is 12.0. The average molecular weight is 294 g/mol. The third-order valence-electron chi connectivity index (χ3n) is 2.85. The quantitative estimate of drug-likeness (QED) is 0.356. The Labute approximate surface area is 120 Å². The predicted octanol–water partition coefficient (Wildman–Crippen LogP) is 2.69. The standard InChI is InChI=1S/C13H14N2O6/c1-13(2,3)12(17)7-11(16)9-5-4-8(14(18)19)6-10(9)15(20)21/h4-6H,7H2,1-3H3. The summed E-state index contributed by atoms with van der Waals surface area (Å²) < 4.78 is 0. The van der Waals surface area contributed by atoms with Gasteiger partial charge in [-0.05, 0) is 6.07 Å². The fraction of sp³-hybridized carbons (Fsp3) is 0.385. The van der Waals surface area contributed by atoms with Crippen LogP contribution < -0.4 is 0 Å². The topological polar surface area (TPSA) is 120 Å². The van der Waals surface area contributed by atoms with Gasteiger partial charge >= 0.3 is 0 Å². The van der Waals surface area contributed by atoms with E-state index < -0.39 is 38.8 Å².